The van der Waals surface area contributed by atoms with E-state index in [1.807, 2.05) is 63.2 Å². The molecule has 0 spiro atoms. The molecule has 134 valence electrons. The smallest absolute Gasteiger partial charge is 0.225 e. The molecule has 2 aromatic carbocycles. The number of aliphatic hydroxyl groups excluding tert-OH is 1. The lowest BCUT2D eigenvalue weighted by molar-refractivity contribution is -0.128. The summed E-state index contributed by atoms with van der Waals surface area (Å²) in [6.45, 7) is 5.89. The van der Waals surface area contributed by atoms with Crippen molar-refractivity contribution in [3.8, 4) is 0 Å². The monoisotopic (exact) mass is 342 g/mol. The molecule has 0 saturated carbocycles. The molecule has 0 fully saturated rings. The molecule has 0 saturated heterocycles. The third-order valence-electron chi connectivity index (χ3n) is 3.97. The third-order valence-corrected chi connectivity index (χ3v) is 3.97. The standard InChI is InChI=1S/C20H26N2O3/c1-20(2,3)19(25)21-11-10-18(24)22-13-17(23)16-9-8-14-6-4-5-7-15(14)12-16/h4-9,12,17,23H,10-11,13H2,1-3H3,(H,21,25)(H,22,24). The van der Waals surface area contributed by atoms with Gasteiger partial charge in [-0.1, -0.05) is 57.2 Å². The summed E-state index contributed by atoms with van der Waals surface area (Å²) in [5.41, 5.74) is 0.294. The minimum Gasteiger partial charge on any atom is -0.387 e. The van der Waals surface area contributed by atoms with Crippen LogP contribution in [0.1, 0.15) is 38.9 Å². The van der Waals surface area contributed by atoms with Gasteiger partial charge >= 0.3 is 0 Å². The van der Waals surface area contributed by atoms with E-state index in [0.29, 0.717) is 0 Å². The van der Waals surface area contributed by atoms with Crippen LogP contribution in [0.4, 0.5) is 0 Å². The average Bonchev–Trinajstić information content (AvgIpc) is 2.58. The number of rotatable bonds is 6. The summed E-state index contributed by atoms with van der Waals surface area (Å²) in [5, 5.41) is 17.9. The molecule has 0 aromatic heterocycles. The van der Waals surface area contributed by atoms with Crippen LogP contribution in [0.5, 0.6) is 0 Å². The van der Waals surface area contributed by atoms with Crippen LogP contribution in [0, 0.1) is 5.41 Å². The zero-order valence-corrected chi connectivity index (χ0v) is 15.0. The van der Waals surface area contributed by atoms with E-state index >= 15 is 0 Å². The van der Waals surface area contributed by atoms with Crippen molar-refractivity contribution in [3.63, 3.8) is 0 Å². The van der Waals surface area contributed by atoms with Crippen molar-refractivity contribution in [2.45, 2.75) is 33.3 Å². The second kappa shape index (κ2) is 8.12. The highest BCUT2D eigenvalue weighted by molar-refractivity contribution is 5.83. The van der Waals surface area contributed by atoms with Gasteiger partial charge in [0.2, 0.25) is 11.8 Å². The molecule has 0 heterocycles. The van der Waals surface area contributed by atoms with E-state index in [1.165, 1.54) is 0 Å². The molecule has 3 N–H and O–H groups in total. The summed E-state index contributed by atoms with van der Waals surface area (Å²) in [6.07, 6.45) is -0.579. The number of carbonyl (C=O) groups is 2. The summed E-state index contributed by atoms with van der Waals surface area (Å²) in [6, 6.07) is 13.7. The normalized spacial score (nSPS) is 12.6. The Morgan fingerprint density at radius 2 is 1.72 bits per heavy atom. The van der Waals surface area contributed by atoms with Gasteiger partial charge in [-0.3, -0.25) is 9.59 Å². The van der Waals surface area contributed by atoms with Crippen molar-refractivity contribution in [2.24, 2.45) is 5.41 Å². The molecule has 2 amide bonds. The van der Waals surface area contributed by atoms with Gasteiger partial charge in [0.15, 0.2) is 0 Å². The zero-order valence-electron chi connectivity index (χ0n) is 15.0. The van der Waals surface area contributed by atoms with Gasteiger partial charge in [-0.2, -0.15) is 0 Å². The number of carbonyl (C=O) groups excluding carboxylic acids is 2. The van der Waals surface area contributed by atoms with E-state index in [4.69, 9.17) is 0 Å². The minimum absolute atomic E-state index is 0.0866. The average molecular weight is 342 g/mol. The third kappa shape index (κ3) is 5.57. The number of nitrogens with one attached hydrogen (secondary N) is 2. The fourth-order valence-corrected chi connectivity index (χ4v) is 2.39. The zero-order chi connectivity index (χ0) is 18.4. The van der Waals surface area contributed by atoms with E-state index in [-0.39, 0.29) is 31.3 Å². The van der Waals surface area contributed by atoms with Crippen LogP contribution in [0.25, 0.3) is 10.8 Å². The van der Waals surface area contributed by atoms with Crippen molar-refractivity contribution in [2.75, 3.05) is 13.1 Å². The summed E-state index contributed by atoms with van der Waals surface area (Å²) >= 11 is 0. The summed E-state index contributed by atoms with van der Waals surface area (Å²) in [7, 11) is 0. The number of amides is 2. The molecule has 0 aliphatic rings. The van der Waals surface area contributed by atoms with Gasteiger partial charge in [0, 0.05) is 24.9 Å². The van der Waals surface area contributed by atoms with Crippen LogP contribution >= 0.6 is 0 Å². The second-order valence-corrected chi connectivity index (χ2v) is 7.18. The molecule has 1 atom stereocenters. The molecular weight excluding hydrogens is 316 g/mol. The van der Waals surface area contributed by atoms with Gasteiger partial charge in [0.05, 0.1) is 6.10 Å². The molecule has 0 bridgehead atoms. The predicted molar refractivity (Wildman–Crippen MR) is 99.0 cm³/mol. The van der Waals surface area contributed by atoms with Crippen LogP contribution in [-0.2, 0) is 9.59 Å². The van der Waals surface area contributed by atoms with Crippen LogP contribution in [-0.4, -0.2) is 30.0 Å². The number of hydrogen-bond acceptors (Lipinski definition) is 3. The van der Waals surface area contributed by atoms with Crippen LogP contribution in [0.2, 0.25) is 0 Å². The molecule has 1 unspecified atom stereocenters. The fraction of sp³-hybridized carbons (Fsp3) is 0.400. The summed E-state index contributed by atoms with van der Waals surface area (Å²) < 4.78 is 0. The van der Waals surface area contributed by atoms with Crippen LogP contribution in [0.15, 0.2) is 42.5 Å². The first kappa shape index (κ1) is 18.9. The molecule has 25 heavy (non-hydrogen) atoms. The molecule has 2 rings (SSSR count). The van der Waals surface area contributed by atoms with E-state index in [1.54, 1.807) is 0 Å². The van der Waals surface area contributed by atoms with Crippen molar-refractivity contribution in [1.29, 1.82) is 0 Å². The van der Waals surface area contributed by atoms with Gasteiger partial charge in [0.25, 0.3) is 0 Å². The highest BCUT2D eigenvalue weighted by Crippen LogP contribution is 2.20. The fourth-order valence-electron chi connectivity index (χ4n) is 2.39. The second-order valence-electron chi connectivity index (χ2n) is 7.18. The summed E-state index contributed by atoms with van der Waals surface area (Å²) in [5.74, 6) is -0.287. The molecule has 5 heteroatoms. The van der Waals surface area contributed by atoms with E-state index in [2.05, 4.69) is 10.6 Å². The molecule has 0 aliphatic heterocycles. The lowest BCUT2D eigenvalue weighted by Crippen LogP contribution is -2.37. The van der Waals surface area contributed by atoms with Crippen molar-refractivity contribution in [3.05, 3.63) is 48.0 Å². The topological polar surface area (TPSA) is 78.4 Å². The Bertz CT molecular complexity index is 750. The first-order chi connectivity index (χ1) is 11.8. The minimum atomic E-state index is -0.766. The van der Waals surface area contributed by atoms with Crippen LogP contribution < -0.4 is 10.6 Å². The first-order valence-corrected chi connectivity index (χ1v) is 8.49. The summed E-state index contributed by atoms with van der Waals surface area (Å²) in [4.78, 5) is 23.6. The Hall–Kier alpha value is -2.40. The Morgan fingerprint density at radius 3 is 2.40 bits per heavy atom. The molecule has 0 radical (unpaired) electrons. The van der Waals surface area contributed by atoms with Crippen molar-refractivity contribution < 1.29 is 14.7 Å². The Labute approximate surface area is 148 Å². The van der Waals surface area contributed by atoms with Crippen LogP contribution in [0.3, 0.4) is 0 Å². The van der Waals surface area contributed by atoms with E-state index in [0.717, 1.165) is 16.3 Å². The number of hydrogen-bond donors (Lipinski definition) is 3. The van der Waals surface area contributed by atoms with Gasteiger partial charge < -0.3 is 15.7 Å². The highest BCUT2D eigenvalue weighted by atomic mass is 16.3. The predicted octanol–water partition coefficient (Wildman–Crippen LogP) is 2.54. The molecular formula is C20H26N2O3. The maximum Gasteiger partial charge on any atom is 0.225 e. The lowest BCUT2D eigenvalue weighted by Gasteiger charge is -2.17. The van der Waals surface area contributed by atoms with Gasteiger partial charge in [-0.25, -0.2) is 0 Å². The maximum atomic E-state index is 11.8. The highest BCUT2D eigenvalue weighted by Gasteiger charge is 2.20. The van der Waals surface area contributed by atoms with Gasteiger partial charge in [-0.15, -0.1) is 0 Å². The first-order valence-electron chi connectivity index (χ1n) is 8.49. The Morgan fingerprint density at radius 1 is 1.04 bits per heavy atom. The number of fused-ring (bicyclic) bond motifs is 1. The SMILES string of the molecule is CC(C)(C)C(=O)NCCC(=O)NCC(O)c1ccc2ccccc2c1. The van der Waals surface area contributed by atoms with E-state index < -0.39 is 11.5 Å². The van der Waals surface area contributed by atoms with Crippen molar-refractivity contribution in [1.82, 2.24) is 10.6 Å². The Kier molecular flexibility index (Phi) is 6.15. The molecule has 0 aliphatic carbocycles. The quantitative estimate of drug-likeness (QED) is 0.755. The van der Waals surface area contributed by atoms with E-state index in [9.17, 15) is 14.7 Å². The molecule has 2 aromatic rings. The van der Waals surface area contributed by atoms with Crippen molar-refractivity contribution >= 4 is 22.6 Å². The lowest BCUT2D eigenvalue weighted by atomic mass is 9.96. The largest absolute Gasteiger partial charge is 0.387 e. The number of benzene rings is 2. The van der Waals surface area contributed by atoms with Gasteiger partial charge in [0.1, 0.15) is 0 Å². The Balaban J connectivity index is 1.79. The molecule has 5 nitrogen and oxygen atoms in total. The maximum absolute atomic E-state index is 11.8. The number of aliphatic hydroxyl groups is 1. The van der Waals surface area contributed by atoms with Gasteiger partial charge in [-0.05, 0) is 22.4 Å².